The number of rotatable bonds is 4. The summed E-state index contributed by atoms with van der Waals surface area (Å²) in [6.07, 6.45) is 1.79. The molecule has 1 amide bonds. The van der Waals surface area contributed by atoms with Gasteiger partial charge >= 0.3 is 0 Å². The number of amides is 1. The third-order valence-corrected chi connectivity index (χ3v) is 5.58. The number of benzene rings is 1. The fourth-order valence-corrected chi connectivity index (χ4v) is 4.35. The zero-order valence-corrected chi connectivity index (χ0v) is 15.5. The number of hydrogen-bond acceptors (Lipinski definition) is 4. The van der Waals surface area contributed by atoms with Crippen LogP contribution in [-0.4, -0.2) is 44.8 Å². The SMILES string of the molecule is CCn1nc(CO)c2c1CCN(CC(=O)N1c3ccccc3C[C@H]1C)C2. The Labute approximate surface area is 154 Å². The molecule has 3 heterocycles. The van der Waals surface area contributed by atoms with Gasteiger partial charge in [-0.25, -0.2) is 0 Å². The first-order chi connectivity index (χ1) is 12.6. The molecule has 0 aliphatic carbocycles. The van der Waals surface area contributed by atoms with E-state index < -0.39 is 0 Å². The number of anilines is 1. The number of aliphatic hydroxyl groups excluding tert-OH is 1. The van der Waals surface area contributed by atoms with Crippen LogP contribution in [0.2, 0.25) is 0 Å². The standard InChI is InChI=1S/C20H26N4O2/c1-3-23-19-8-9-22(11-16(19)17(13-25)21-23)12-20(26)24-14(2)10-15-6-4-5-7-18(15)24/h4-7,14,25H,3,8-13H2,1-2H3/t14-/m1/s1. The van der Waals surface area contributed by atoms with E-state index in [0.29, 0.717) is 13.1 Å². The molecule has 0 saturated carbocycles. The van der Waals surface area contributed by atoms with Crippen LogP contribution in [-0.2, 0) is 37.3 Å². The molecule has 0 bridgehead atoms. The predicted octanol–water partition coefficient (Wildman–Crippen LogP) is 1.73. The summed E-state index contributed by atoms with van der Waals surface area (Å²) in [6, 6.07) is 8.39. The Balaban J connectivity index is 1.51. The zero-order chi connectivity index (χ0) is 18.3. The molecule has 1 N–H and O–H groups in total. The fraction of sp³-hybridized carbons (Fsp3) is 0.500. The first-order valence-corrected chi connectivity index (χ1v) is 9.43. The van der Waals surface area contributed by atoms with Crippen LogP contribution >= 0.6 is 0 Å². The minimum Gasteiger partial charge on any atom is -0.390 e. The summed E-state index contributed by atoms with van der Waals surface area (Å²) >= 11 is 0. The van der Waals surface area contributed by atoms with Gasteiger partial charge in [-0.1, -0.05) is 18.2 Å². The van der Waals surface area contributed by atoms with E-state index in [4.69, 9.17) is 0 Å². The van der Waals surface area contributed by atoms with Crippen LogP contribution in [0.4, 0.5) is 5.69 Å². The first kappa shape index (κ1) is 17.2. The van der Waals surface area contributed by atoms with Crippen LogP contribution < -0.4 is 4.90 Å². The van der Waals surface area contributed by atoms with E-state index in [2.05, 4.69) is 29.9 Å². The minimum absolute atomic E-state index is 0.0480. The molecule has 1 aromatic carbocycles. The Hall–Kier alpha value is -2.18. The van der Waals surface area contributed by atoms with Gasteiger partial charge in [0.05, 0.1) is 18.8 Å². The molecule has 2 aliphatic rings. The number of carbonyl (C=O) groups is 1. The summed E-state index contributed by atoms with van der Waals surface area (Å²) in [5, 5.41) is 14.1. The molecular weight excluding hydrogens is 328 g/mol. The van der Waals surface area contributed by atoms with E-state index in [-0.39, 0.29) is 18.6 Å². The van der Waals surface area contributed by atoms with Crippen molar-refractivity contribution in [3.63, 3.8) is 0 Å². The van der Waals surface area contributed by atoms with Crippen molar-refractivity contribution in [2.75, 3.05) is 18.0 Å². The lowest BCUT2D eigenvalue weighted by atomic mass is 10.1. The molecule has 26 heavy (non-hydrogen) atoms. The molecule has 0 spiro atoms. The highest BCUT2D eigenvalue weighted by molar-refractivity contribution is 5.97. The van der Waals surface area contributed by atoms with Gasteiger partial charge in [0.15, 0.2) is 0 Å². The van der Waals surface area contributed by atoms with Crippen molar-refractivity contribution in [1.29, 1.82) is 0 Å². The maximum Gasteiger partial charge on any atom is 0.241 e. The third kappa shape index (κ3) is 2.83. The highest BCUT2D eigenvalue weighted by atomic mass is 16.3. The lowest BCUT2D eigenvalue weighted by Crippen LogP contribution is -2.44. The number of nitrogens with zero attached hydrogens (tertiary/aromatic N) is 4. The highest BCUT2D eigenvalue weighted by Gasteiger charge is 2.32. The lowest BCUT2D eigenvalue weighted by molar-refractivity contribution is -0.120. The van der Waals surface area contributed by atoms with E-state index in [1.54, 1.807) is 0 Å². The fourth-order valence-electron chi connectivity index (χ4n) is 4.35. The van der Waals surface area contributed by atoms with Crippen LogP contribution in [0.1, 0.15) is 36.4 Å². The largest absolute Gasteiger partial charge is 0.390 e. The molecule has 6 nitrogen and oxygen atoms in total. The minimum atomic E-state index is -0.0480. The van der Waals surface area contributed by atoms with Gasteiger partial charge in [-0.3, -0.25) is 14.4 Å². The summed E-state index contributed by atoms with van der Waals surface area (Å²) in [4.78, 5) is 17.2. The molecule has 0 radical (unpaired) electrons. The predicted molar refractivity (Wildman–Crippen MR) is 99.9 cm³/mol. The second-order valence-electron chi connectivity index (χ2n) is 7.25. The summed E-state index contributed by atoms with van der Waals surface area (Å²) < 4.78 is 1.98. The van der Waals surface area contributed by atoms with E-state index in [0.717, 1.165) is 42.9 Å². The van der Waals surface area contributed by atoms with Gasteiger partial charge in [-0.2, -0.15) is 5.10 Å². The van der Waals surface area contributed by atoms with Crippen molar-refractivity contribution < 1.29 is 9.90 Å². The Kier molecular flexibility index (Phi) is 4.54. The molecule has 2 aliphatic heterocycles. The van der Waals surface area contributed by atoms with Gasteiger partial charge in [-0.05, 0) is 31.9 Å². The highest BCUT2D eigenvalue weighted by Crippen LogP contribution is 2.32. The van der Waals surface area contributed by atoms with Crippen LogP contribution in [0.25, 0.3) is 0 Å². The van der Waals surface area contributed by atoms with E-state index in [1.165, 1.54) is 11.3 Å². The molecule has 2 aromatic rings. The maximum absolute atomic E-state index is 13.0. The number of carbonyl (C=O) groups excluding carboxylic acids is 1. The third-order valence-electron chi connectivity index (χ3n) is 5.58. The molecule has 4 rings (SSSR count). The van der Waals surface area contributed by atoms with E-state index >= 15 is 0 Å². The van der Waals surface area contributed by atoms with Gasteiger partial charge in [0.2, 0.25) is 5.91 Å². The monoisotopic (exact) mass is 354 g/mol. The number of aliphatic hydroxyl groups is 1. The Morgan fingerprint density at radius 1 is 1.35 bits per heavy atom. The zero-order valence-electron chi connectivity index (χ0n) is 15.5. The second kappa shape index (κ2) is 6.85. The molecular formula is C20H26N4O2. The molecule has 0 fully saturated rings. The van der Waals surface area contributed by atoms with Crippen LogP contribution in [0.15, 0.2) is 24.3 Å². The summed E-state index contributed by atoms with van der Waals surface area (Å²) in [6.45, 7) is 6.87. The topological polar surface area (TPSA) is 61.6 Å². The van der Waals surface area contributed by atoms with E-state index in [1.807, 2.05) is 27.8 Å². The molecule has 1 aromatic heterocycles. The average Bonchev–Trinajstić information content (AvgIpc) is 3.17. The van der Waals surface area contributed by atoms with Crippen molar-refractivity contribution in [2.24, 2.45) is 0 Å². The van der Waals surface area contributed by atoms with Crippen molar-refractivity contribution in [3.8, 4) is 0 Å². The quantitative estimate of drug-likeness (QED) is 0.908. The average molecular weight is 354 g/mol. The normalized spacial score (nSPS) is 19.5. The van der Waals surface area contributed by atoms with Gasteiger partial charge in [0.1, 0.15) is 0 Å². The summed E-state index contributed by atoms with van der Waals surface area (Å²) in [5.74, 6) is 0.152. The Morgan fingerprint density at radius 3 is 2.92 bits per heavy atom. The molecule has 138 valence electrons. The first-order valence-electron chi connectivity index (χ1n) is 9.43. The smallest absolute Gasteiger partial charge is 0.241 e. The molecule has 0 unspecified atom stereocenters. The van der Waals surface area contributed by atoms with Crippen molar-refractivity contribution >= 4 is 11.6 Å². The van der Waals surface area contributed by atoms with Crippen LogP contribution in [0.5, 0.6) is 0 Å². The van der Waals surface area contributed by atoms with Gasteiger partial charge in [0, 0.05) is 49.0 Å². The summed E-state index contributed by atoms with van der Waals surface area (Å²) in [7, 11) is 0. The van der Waals surface area contributed by atoms with Crippen molar-refractivity contribution in [2.45, 2.75) is 52.4 Å². The Bertz CT molecular complexity index is 829. The van der Waals surface area contributed by atoms with Crippen LogP contribution in [0.3, 0.4) is 0 Å². The number of para-hydroxylation sites is 1. The lowest BCUT2D eigenvalue weighted by Gasteiger charge is -2.30. The van der Waals surface area contributed by atoms with Crippen molar-refractivity contribution in [3.05, 3.63) is 46.8 Å². The van der Waals surface area contributed by atoms with Crippen molar-refractivity contribution in [1.82, 2.24) is 14.7 Å². The molecule has 0 saturated heterocycles. The van der Waals surface area contributed by atoms with E-state index in [9.17, 15) is 9.90 Å². The van der Waals surface area contributed by atoms with Gasteiger partial charge < -0.3 is 10.0 Å². The Morgan fingerprint density at radius 2 is 2.15 bits per heavy atom. The number of fused-ring (bicyclic) bond motifs is 2. The maximum atomic E-state index is 13.0. The molecule has 6 heteroatoms. The second-order valence-corrected chi connectivity index (χ2v) is 7.25. The van der Waals surface area contributed by atoms with Crippen LogP contribution in [0, 0.1) is 0 Å². The molecule has 1 atom stereocenters. The van der Waals surface area contributed by atoms with Gasteiger partial charge in [0.25, 0.3) is 0 Å². The van der Waals surface area contributed by atoms with Gasteiger partial charge in [-0.15, -0.1) is 0 Å². The number of aromatic nitrogens is 2. The summed E-state index contributed by atoms with van der Waals surface area (Å²) in [5.41, 5.74) is 5.36. The number of aryl methyl sites for hydroxylation is 1. The number of hydrogen-bond donors (Lipinski definition) is 1.